The summed E-state index contributed by atoms with van der Waals surface area (Å²) in [6, 6.07) is 15.6. The number of pyridine rings is 1. The van der Waals surface area contributed by atoms with Crippen LogP contribution in [0.2, 0.25) is 0 Å². The maximum absolute atomic E-state index is 13.6. The van der Waals surface area contributed by atoms with Crippen LogP contribution in [0.15, 0.2) is 48.5 Å². The van der Waals surface area contributed by atoms with Gasteiger partial charge in [-0.15, -0.1) is 0 Å². The molecule has 1 aromatic heterocycles. The number of carbonyl (C=O) groups is 2. The lowest BCUT2D eigenvalue weighted by atomic mass is 9.99. The van der Waals surface area contributed by atoms with Crippen molar-refractivity contribution in [3.05, 3.63) is 70.9 Å². The maximum Gasteiger partial charge on any atom is 0.255 e. The first-order chi connectivity index (χ1) is 16.2. The van der Waals surface area contributed by atoms with Crippen molar-refractivity contribution in [3.63, 3.8) is 0 Å². The van der Waals surface area contributed by atoms with Gasteiger partial charge in [0, 0.05) is 18.0 Å². The van der Waals surface area contributed by atoms with Gasteiger partial charge in [-0.05, 0) is 74.6 Å². The van der Waals surface area contributed by atoms with Crippen molar-refractivity contribution >= 4 is 34.4 Å². The fourth-order valence-corrected chi connectivity index (χ4v) is 4.36. The lowest BCUT2D eigenvalue weighted by Crippen LogP contribution is -2.46. The van der Waals surface area contributed by atoms with Crippen molar-refractivity contribution in [2.45, 2.75) is 39.2 Å². The van der Waals surface area contributed by atoms with E-state index in [0.29, 0.717) is 5.56 Å². The molecule has 1 aliphatic rings. The summed E-state index contributed by atoms with van der Waals surface area (Å²) in [5, 5.41) is 3.74. The molecule has 0 radical (unpaired) electrons. The summed E-state index contributed by atoms with van der Waals surface area (Å²) in [5.41, 5.74) is 5.05. The maximum atomic E-state index is 13.6. The van der Waals surface area contributed by atoms with Crippen molar-refractivity contribution in [1.82, 2.24) is 15.2 Å². The second-order valence-electron chi connectivity index (χ2n) is 9.73. The van der Waals surface area contributed by atoms with E-state index >= 15 is 0 Å². The molecule has 0 bridgehead atoms. The number of benzene rings is 2. The van der Waals surface area contributed by atoms with E-state index in [4.69, 9.17) is 9.72 Å². The Morgan fingerprint density at radius 3 is 2.47 bits per heavy atom. The van der Waals surface area contributed by atoms with E-state index in [1.165, 1.54) is 4.90 Å². The summed E-state index contributed by atoms with van der Waals surface area (Å²) in [7, 11) is 3.33. The third-order valence-corrected chi connectivity index (χ3v) is 5.85. The van der Waals surface area contributed by atoms with E-state index in [1.54, 1.807) is 14.2 Å². The van der Waals surface area contributed by atoms with E-state index in [9.17, 15) is 9.59 Å². The van der Waals surface area contributed by atoms with Crippen LogP contribution >= 0.6 is 0 Å². The summed E-state index contributed by atoms with van der Waals surface area (Å²) in [5.74, 6) is 0.465. The fraction of sp³-hybridized carbons (Fsp3) is 0.321. The van der Waals surface area contributed by atoms with Gasteiger partial charge in [0.25, 0.3) is 5.91 Å². The predicted molar refractivity (Wildman–Crippen MR) is 136 cm³/mol. The van der Waals surface area contributed by atoms with E-state index < -0.39 is 0 Å². The Morgan fingerprint density at radius 2 is 1.79 bits per heavy atom. The van der Waals surface area contributed by atoms with Crippen LogP contribution in [0.1, 0.15) is 54.4 Å². The van der Waals surface area contributed by atoms with Gasteiger partial charge in [-0.1, -0.05) is 30.3 Å². The number of hydrogen-bond donors (Lipinski definition) is 1. The minimum Gasteiger partial charge on any atom is -0.497 e. The Morgan fingerprint density at radius 1 is 1.09 bits per heavy atom. The largest absolute Gasteiger partial charge is 0.497 e. The standard InChI is InChI=1S/C28H31N3O3/c1-28(2,3)30-24(32)17-31(4)27(33)25-21-8-6-7-9-23(21)29-26-19(12-15-22(25)26)16-18-10-13-20(34-5)14-11-18/h6-11,13-14,16H,12,15,17H2,1-5H3,(H,30,32). The van der Waals surface area contributed by atoms with Crippen molar-refractivity contribution in [2.75, 3.05) is 20.7 Å². The van der Waals surface area contributed by atoms with Crippen LogP contribution in [0.5, 0.6) is 5.75 Å². The Kier molecular flexibility index (Phi) is 6.42. The third-order valence-electron chi connectivity index (χ3n) is 5.85. The molecular formula is C28H31N3O3. The molecule has 1 heterocycles. The summed E-state index contributed by atoms with van der Waals surface area (Å²) in [4.78, 5) is 32.5. The van der Waals surface area contributed by atoms with Crippen molar-refractivity contribution in [1.29, 1.82) is 0 Å². The SMILES string of the molecule is COc1ccc(C=C2CCc3c2nc2ccccc2c3C(=O)N(C)CC(=O)NC(C)(C)C)cc1. The molecule has 0 unspecified atom stereocenters. The smallest absolute Gasteiger partial charge is 0.255 e. The highest BCUT2D eigenvalue weighted by Gasteiger charge is 2.29. The van der Waals surface area contributed by atoms with E-state index in [2.05, 4.69) is 11.4 Å². The molecule has 176 valence electrons. The molecule has 34 heavy (non-hydrogen) atoms. The predicted octanol–water partition coefficient (Wildman–Crippen LogP) is 4.72. The monoisotopic (exact) mass is 457 g/mol. The van der Waals surface area contributed by atoms with Gasteiger partial charge in [-0.3, -0.25) is 9.59 Å². The number of hydrogen-bond acceptors (Lipinski definition) is 4. The van der Waals surface area contributed by atoms with Crippen LogP contribution in [0.25, 0.3) is 22.6 Å². The molecule has 1 aliphatic carbocycles. The minimum atomic E-state index is -0.354. The van der Waals surface area contributed by atoms with Crippen molar-refractivity contribution in [3.8, 4) is 5.75 Å². The van der Waals surface area contributed by atoms with Gasteiger partial charge in [0.05, 0.1) is 30.4 Å². The molecule has 0 spiro atoms. The van der Waals surface area contributed by atoms with Crippen LogP contribution in [0.3, 0.4) is 0 Å². The zero-order valence-corrected chi connectivity index (χ0v) is 20.4. The van der Waals surface area contributed by atoms with Gasteiger partial charge < -0.3 is 15.0 Å². The Labute approximate surface area is 200 Å². The number of nitrogens with one attached hydrogen (secondary N) is 1. The average Bonchev–Trinajstić information content (AvgIpc) is 3.18. The molecular weight excluding hydrogens is 426 g/mol. The number of likely N-dealkylation sites (N-methyl/N-ethyl adjacent to an activating group) is 1. The highest BCUT2D eigenvalue weighted by molar-refractivity contribution is 6.10. The fourth-order valence-electron chi connectivity index (χ4n) is 4.36. The Bertz CT molecular complexity index is 1270. The molecule has 0 saturated carbocycles. The van der Waals surface area contributed by atoms with Crippen molar-refractivity contribution in [2.24, 2.45) is 0 Å². The van der Waals surface area contributed by atoms with Gasteiger partial charge in [0.2, 0.25) is 5.91 Å². The number of carbonyl (C=O) groups excluding carboxylic acids is 2. The van der Waals surface area contributed by atoms with Crippen LogP contribution in [-0.4, -0.2) is 47.9 Å². The number of allylic oxidation sites excluding steroid dienone is 1. The molecule has 6 heteroatoms. The summed E-state index contributed by atoms with van der Waals surface area (Å²) >= 11 is 0. The molecule has 2 aromatic carbocycles. The summed E-state index contributed by atoms with van der Waals surface area (Å²) in [6.45, 7) is 5.77. The molecule has 3 aromatic rings. The van der Waals surface area contributed by atoms with Crippen LogP contribution in [-0.2, 0) is 11.2 Å². The Hall–Kier alpha value is -3.67. The second kappa shape index (κ2) is 9.29. The van der Waals surface area contributed by atoms with Crippen LogP contribution in [0.4, 0.5) is 0 Å². The molecule has 4 rings (SSSR count). The quantitative estimate of drug-likeness (QED) is 0.602. The van der Waals surface area contributed by atoms with Gasteiger partial charge in [0.1, 0.15) is 5.75 Å². The number of rotatable bonds is 5. The van der Waals surface area contributed by atoms with Crippen LogP contribution in [0, 0.1) is 0 Å². The molecule has 2 amide bonds. The zero-order valence-electron chi connectivity index (χ0n) is 20.4. The third kappa shape index (κ3) is 4.96. The summed E-state index contributed by atoms with van der Waals surface area (Å²) < 4.78 is 5.26. The van der Waals surface area contributed by atoms with Crippen molar-refractivity contribution < 1.29 is 14.3 Å². The first-order valence-electron chi connectivity index (χ1n) is 11.5. The minimum absolute atomic E-state index is 0.00390. The summed E-state index contributed by atoms with van der Waals surface area (Å²) in [6.07, 6.45) is 3.67. The number of amides is 2. The number of methoxy groups -OCH3 is 1. The first-order valence-corrected chi connectivity index (χ1v) is 11.5. The van der Waals surface area contributed by atoms with Gasteiger partial charge >= 0.3 is 0 Å². The normalized spacial score (nSPS) is 14.2. The van der Waals surface area contributed by atoms with E-state index in [1.807, 2.05) is 69.3 Å². The number of nitrogens with zero attached hydrogens (tertiary/aromatic N) is 2. The number of fused-ring (bicyclic) bond motifs is 2. The van der Waals surface area contributed by atoms with E-state index in [0.717, 1.165) is 51.9 Å². The first kappa shape index (κ1) is 23.5. The molecule has 1 N–H and O–H groups in total. The number of para-hydroxylation sites is 1. The van der Waals surface area contributed by atoms with Gasteiger partial charge in [0.15, 0.2) is 0 Å². The lowest BCUT2D eigenvalue weighted by Gasteiger charge is -2.24. The number of ether oxygens (including phenoxy) is 1. The van der Waals surface area contributed by atoms with Gasteiger partial charge in [-0.2, -0.15) is 0 Å². The van der Waals surface area contributed by atoms with Gasteiger partial charge in [-0.25, -0.2) is 4.98 Å². The highest BCUT2D eigenvalue weighted by atomic mass is 16.5. The molecule has 0 aliphatic heterocycles. The zero-order chi connectivity index (χ0) is 24.5. The molecule has 0 fully saturated rings. The van der Waals surface area contributed by atoms with E-state index in [-0.39, 0.29) is 23.9 Å². The second-order valence-corrected chi connectivity index (χ2v) is 9.73. The average molecular weight is 458 g/mol. The Balaban J connectivity index is 1.72. The molecule has 6 nitrogen and oxygen atoms in total. The molecule has 0 atom stereocenters. The number of aromatic nitrogens is 1. The highest BCUT2D eigenvalue weighted by Crippen LogP contribution is 2.38. The topological polar surface area (TPSA) is 71.5 Å². The lowest BCUT2D eigenvalue weighted by molar-refractivity contribution is -0.122. The van der Waals surface area contributed by atoms with Crippen LogP contribution < -0.4 is 10.1 Å². The molecule has 0 saturated heterocycles.